The number of rotatable bonds is 3. The summed E-state index contributed by atoms with van der Waals surface area (Å²) < 4.78 is 1.89. The summed E-state index contributed by atoms with van der Waals surface area (Å²) in [5.74, 6) is 2.00. The second-order valence-electron chi connectivity index (χ2n) is 6.29. The van der Waals surface area contributed by atoms with Crippen LogP contribution < -0.4 is 0 Å². The molecule has 2 aromatic rings. The molecule has 104 valence electrons. The van der Waals surface area contributed by atoms with Gasteiger partial charge < -0.3 is 5.11 Å². The molecule has 0 spiro atoms. The molecule has 4 atom stereocenters. The SMILES string of the molecule is OC(c1ccnn1-c1ccccc1)C1CC2CCC1C2. The summed E-state index contributed by atoms with van der Waals surface area (Å²) in [6, 6.07) is 12.0. The number of nitrogens with zero attached hydrogens (tertiary/aromatic N) is 2. The van der Waals surface area contributed by atoms with Crippen molar-refractivity contribution < 1.29 is 5.11 Å². The Balaban J connectivity index is 1.65. The second-order valence-corrected chi connectivity index (χ2v) is 6.29. The van der Waals surface area contributed by atoms with Gasteiger partial charge in [-0.1, -0.05) is 24.6 Å². The third kappa shape index (κ3) is 1.88. The van der Waals surface area contributed by atoms with E-state index in [-0.39, 0.29) is 6.10 Å². The van der Waals surface area contributed by atoms with Crippen LogP contribution in [0.3, 0.4) is 0 Å². The van der Waals surface area contributed by atoms with Gasteiger partial charge in [-0.2, -0.15) is 5.10 Å². The normalized spacial score (nSPS) is 29.8. The number of aliphatic hydroxyl groups excluding tert-OH is 1. The minimum atomic E-state index is -0.381. The van der Waals surface area contributed by atoms with Crippen molar-refractivity contribution >= 4 is 0 Å². The van der Waals surface area contributed by atoms with Crippen molar-refractivity contribution in [3.8, 4) is 5.69 Å². The molecule has 4 unspecified atom stereocenters. The van der Waals surface area contributed by atoms with Crippen molar-refractivity contribution in [2.24, 2.45) is 17.8 Å². The van der Waals surface area contributed by atoms with Crippen LogP contribution in [-0.4, -0.2) is 14.9 Å². The summed E-state index contributed by atoms with van der Waals surface area (Å²) in [5, 5.41) is 15.2. The van der Waals surface area contributed by atoms with E-state index in [0.717, 1.165) is 17.3 Å². The molecule has 1 aromatic heterocycles. The highest BCUT2D eigenvalue weighted by atomic mass is 16.3. The predicted octanol–water partition coefficient (Wildman–Crippen LogP) is 3.34. The molecule has 1 aromatic carbocycles. The number of fused-ring (bicyclic) bond motifs is 2. The van der Waals surface area contributed by atoms with Crippen LogP contribution in [0.2, 0.25) is 0 Å². The first-order valence-corrected chi connectivity index (χ1v) is 7.60. The summed E-state index contributed by atoms with van der Waals surface area (Å²) in [7, 11) is 0. The van der Waals surface area contributed by atoms with Crippen LogP contribution in [0.4, 0.5) is 0 Å². The maximum atomic E-state index is 10.8. The third-order valence-electron chi connectivity index (χ3n) is 5.17. The summed E-state index contributed by atoms with van der Waals surface area (Å²) in [5.41, 5.74) is 1.96. The topological polar surface area (TPSA) is 38.1 Å². The first-order chi connectivity index (χ1) is 9.83. The van der Waals surface area contributed by atoms with E-state index in [1.807, 2.05) is 41.1 Å². The largest absolute Gasteiger partial charge is 0.387 e. The van der Waals surface area contributed by atoms with Crippen molar-refractivity contribution in [3.63, 3.8) is 0 Å². The minimum absolute atomic E-state index is 0.381. The Morgan fingerprint density at radius 3 is 2.65 bits per heavy atom. The maximum absolute atomic E-state index is 10.8. The highest BCUT2D eigenvalue weighted by Gasteiger charge is 2.43. The molecule has 1 N–H and O–H groups in total. The molecule has 2 fully saturated rings. The van der Waals surface area contributed by atoms with Gasteiger partial charge in [0.15, 0.2) is 0 Å². The van der Waals surface area contributed by atoms with E-state index in [1.165, 1.54) is 25.7 Å². The van der Waals surface area contributed by atoms with Gasteiger partial charge in [0.25, 0.3) is 0 Å². The van der Waals surface area contributed by atoms with Gasteiger partial charge in [0.1, 0.15) is 0 Å². The van der Waals surface area contributed by atoms with Gasteiger partial charge in [-0.25, -0.2) is 4.68 Å². The minimum Gasteiger partial charge on any atom is -0.387 e. The number of hydrogen-bond donors (Lipinski definition) is 1. The lowest BCUT2D eigenvalue weighted by Gasteiger charge is -2.27. The smallest absolute Gasteiger partial charge is 0.0991 e. The Hall–Kier alpha value is -1.61. The number of para-hydroxylation sites is 1. The van der Waals surface area contributed by atoms with Crippen molar-refractivity contribution in [1.29, 1.82) is 0 Å². The lowest BCUT2D eigenvalue weighted by molar-refractivity contribution is 0.0689. The van der Waals surface area contributed by atoms with Gasteiger partial charge in [-0.05, 0) is 55.2 Å². The maximum Gasteiger partial charge on any atom is 0.0991 e. The van der Waals surface area contributed by atoms with Gasteiger partial charge >= 0.3 is 0 Å². The van der Waals surface area contributed by atoms with Gasteiger partial charge in [0.2, 0.25) is 0 Å². The number of aliphatic hydroxyl groups is 1. The van der Waals surface area contributed by atoms with Crippen LogP contribution >= 0.6 is 0 Å². The molecule has 0 radical (unpaired) electrons. The molecule has 0 saturated heterocycles. The van der Waals surface area contributed by atoms with Gasteiger partial charge in [0.05, 0.1) is 17.5 Å². The molecule has 20 heavy (non-hydrogen) atoms. The van der Waals surface area contributed by atoms with Crippen LogP contribution in [0, 0.1) is 17.8 Å². The molecule has 2 bridgehead atoms. The summed E-state index contributed by atoms with van der Waals surface area (Å²) in [6.45, 7) is 0. The number of aromatic nitrogens is 2. The van der Waals surface area contributed by atoms with Crippen LogP contribution in [-0.2, 0) is 0 Å². The van der Waals surface area contributed by atoms with E-state index >= 15 is 0 Å². The Bertz CT molecular complexity index is 592. The molecule has 0 aliphatic heterocycles. The number of benzene rings is 1. The molecule has 3 heteroatoms. The highest BCUT2D eigenvalue weighted by Crippen LogP contribution is 2.52. The summed E-state index contributed by atoms with van der Waals surface area (Å²) in [6.07, 6.45) is 6.58. The van der Waals surface area contributed by atoms with E-state index in [1.54, 1.807) is 6.20 Å². The lowest BCUT2D eigenvalue weighted by Crippen LogP contribution is -2.21. The van der Waals surface area contributed by atoms with E-state index < -0.39 is 0 Å². The van der Waals surface area contributed by atoms with E-state index in [0.29, 0.717) is 11.8 Å². The van der Waals surface area contributed by atoms with Crippen molar-refractivity contribution in [2.45, 2.75) is 31.8 Å². The predicted molar refractivity (Wildman–Crippen MR) is 77.5 cm³/mol. The number of hydrogen-bond acceptors (Lipinski definition) is 2. The zero-order chi connectivity index (χ0) is 13.5. The molecule has 3 nitrogen and oxygen atoms in total. The van der Waals surface area contributed by atoms with Crippen LogP contribution in [0.25, 0.3) is 5.69 Å². The van der Waals surface area contributed by atoms with Crippen LogP contribution in [0.5, 0.6) is 0 Å². The average molecular weight is 268 g/mol. The van der Waals surface area contributed by atoms with Crippen molar-refractivity contribution in [3.05, 3.63) is 48.3 Å². The third-order valence-corrected chi connectivity index (χ3v) is 5.17. The molecule has 1 heterocycles. The Morgan fingerprint density at radius 2 is 1.95 bits per heavy atom. The van der Waals surface area contributed by atoms with Crippen molar-refractivity contribution in [2.75, 3.05) is 0 Å². The average Bonchev–Trinajstić information content (AvgIpc) is 3.23. The van der Waals surface area contributed by atoms with Crippen molar-refractivity contribution in [1.82, 2.24) is 9.78 Å². The Kier molecular flexibility index (Phi) is 2.88. The van der Waals surface area contributed by atoms with E-state index in [2.05, 4.69) is 5.10 Å². The molecule has 2 aliphatic carbocycles. The standard InChI is InChI=1S/C17H20N2O/c20-17(15-11-12-6-7-13(15)10-12)16-8-9-18-19(16)14-4-2-1-3-5-14/h1-5,8-9,12-13,15,17,20H,6-7,10-11H2. The monoisotopic (exact) mass is 268 g/mol. The van der Waals surface area contributed by atoms with E-state index in [9.17, 15) is 5.11 Å². The molecule has 2 aliphatic rings. The van der Waals surface area contributed by atoms with Gasteiger partial charge in [-0.3, -0.25) is 0 Å². The fraction of sp³-hybridized carbons (Fsp3) is 0.471. The zero-order valence-electron chi connectivity index (χ0n) is 11.5. The molecular formula is C17H20N2O. The molecular weight excluding hydrogens is 248 g/mol. The van der Waals surface area contributed by atoms with E-state index in [4.69, 9.17) is 0 Å². The lowest BCUT2D eigenvalue weighted by atomic mass is 9.83. The van der Waals surface area contributed by atoms with Crippen LogP contribution in [0.1, 0.15) is 37.5 Å². The zero-order valence-corrected chi connectivity index (χ0v) is 11.5. The summed E-state index contributed by atoms with van der Waals surface area (Å²) in [4.78, 5) is 0. The highest BCUT2D eigenvalue weighted by molar-refractivity contribution is 5.33. The summed E-state index contributed by atoms with van der Waals surface area (Å²) >= 11 is 0. The Morgan fingerprint density at radius 1 is 1.10 bits per heavy atom. The molecule has 2 saturated carbocycles. The van der Waals surface area contributed by atoms with Crippen LogP contribution in [0.15, 0.2) is 42.6 Å². The second kappa shape index (κ2) is 4.74. The van der Waals surface area contributed by atoms with Gasteiger partial charge in [0, 0.05) is 6.20 Å². The fourth-order valence-corrected chi connectivity index (χ4v) is 4.22. The Labute approximate surface area is 119 Å². The van der Waals surface area contributed by atoms with Gasteiger partial charge in [-0.15, -0.1) is 0 Å². The quantitative estimate of drug-likeness (QED) is 0.927. The first-order valence-electron chi connectivity index (χ1n) is 7.60. The molecule has 0 amide bonds. The fourth-order valence-electron chi connectivity index (χ4n) is 4.22. The first kappa shape index (κ1) is 12.2. The molecule has 4 rings (SSSR count).